The smallest absolute Gasteiger partial charge is 0.0900 e. The predicted octanol–water partition coefficient (Wildman–Crippen LogP) is 0.332. The Morgan fingerprint density at radius 3 is 2.68 bits per heavy atom. The van der Waals surface area contributed by atoms with E-state index in [4.69, 9.17) is 9.47 Å². The summed E-state index contributed by atoms with van der Waals surface area (Å²) in [6.45, 7) is 5.59. The van der Waals surface area contributed by atoms with Crippen molar-refractivity contribution < 1.29 is 14.6 Å². The highest BCUT2D eigenvalue weighted by molar-refractivity contribution is 4.74. The van der Waals surface area contributed by atoms with E-state index in [1.807, 2.05) is 7.05 Å². The van der Waals surface area contributed by atoms with Gasteiger partial charge in [0.1, 0.15) is 0 Å². The molecule has 0 aromatic rings. The van der Waals surface area contributed by atoms with E-state index >= 15 is 0 Å². The maximum Gasteiger partial charge on any atom is 0.0900 e. The number of likely N-dealkylation sites (tertiary alicyclic amines) is 1. The largest absolute Gasteiger partial charge is 0.389 e. The van der Waals surface area contributed by atoms with Gasteiger partial charge in [0.25, 0.3) is 0 Å². The van der Waals surface area contributed by atoms with Crippen molar-refractivity contribution in [3.8, 4) is 0 Å². The lowest BCUT2D eigenvalue weighted by atomic mass is 9.93. The minimum absolute atomic E-state index is 0.384. The molecule has 0 amide bonds. The Kier molecular flexibility index (Phi) is 9.38. The molecule has 1 saturated heterocycles. The lowest BCUT2D eigenvalue weighted by Gasteiger charge is -2.33. The molecule has 0 aromatic heterocycles. The Balaban J connectivity index is 2.04. The van der Waals surface area contributed by atoms with Gasteiger partial charge in [-0.2, -0.15) is 0 Å². The van der Waals surface area contributed by atoms with Crippen molar-refractivity contribution in [2.24, 2.45) is 5.92 Å². The van der Waals surface area contributed by atoms with Gasteiger partial charge in [-0.05, 0) is 51.9 Å². The number of ether oxygens (including phenoxy) is 2. The maximum atomic E-state index is 9.89. The number of β-amino-alcohol motifs (C(OH)–C–C–N with tert-alkyl or cyclic N) is 1. The first kappa shape index (κ1) is 16.9. The van der Waals surface area contributed by atoms with Crippen molar-refractivity contribution in [2.75, 3.05) is 60.2 Å². The van der Waals surface area contributed by atoms with Crippen LogP contribution in [0.2, 0.25) is 0 Å². The van der Waals surface area contributed by atoms with E-state index in [1.54, 1.807) is 7.11 Å². The van der Waals surface area contributed by atoms with E-state index < -0.39 is 0 Å². The SMILES string of the molecule is CNCCC1CCN(CC(O)COCCOC)CC1. The summed E-state index contributed by atoms with van der Waals surface area (Å²) in [5, 5.41) is 13.1. The fraction of sp³-hybridized carbons (Fsp3) is 1.00. The van der Waals surface area contributed by atoms with Gasteiger partial charge in [0.15, 0.2) is 0 Å². The first-order valence-corrected chi connectivity index (χ1v) is 7.38. The highest BCUT2D eigenvalue weighted by atomic mass is 16.5. The van der Waals surface area contributed by atoms with Gasteiger partial charge in [-0.25, -0.2) is 0 Å². The Bertz CT molecular complexity index is 209. The van der Waals surface area contributed by atoms with E-state index in [2.05, 4.69) is 10.2 Å². The van der Waals surface area contributed by atoms with Gasteiger partial charge >= 0.3 is 0 Å². The minimum atomic E-state index is -0.384. The number of piperidine rings is 1. The first-order valence-electron chi connectivity index (χ1n) is 7.38. The number of nitrogens with zero attached hydrogens (tertiary/aromatic N) is 1. The lowest BCUT2D eigenvalue weighted by molar-refractivity contribution is -0.00474. The number of nitrogens with one attached hydrogen (secondary N) is 1. The van der Waals surface area contributed by atoms with Crippen LogP contribution in [0.15, 0.2) is 0 Å². The van der Waals surface area contributed by atoms with E-state index in [-0.39, 0.29) is 6.10 Å². The van der Waals surface area contributed by atoms with Crippen LogP contribution in [-0.2, 0) is 9.47 Å². The number of aliphatic hydroxyl groups is 1. The summed E-state index contributed by atoms with van der Waals surface area (Å²) in [6, 6.07) is 0. The van der Waals surface area contributed by atoms with Gasteiger partial charge in [0.2, 0.25) is 0 Å². The topological polar surface area (TPSA) is 54.0 Å². The van der Waals surface area contributed by atoms with Crippen LogP contribution < -0.4 is 5.32 Å². The zero-order valence-electron chi connectivity index (χ0n) is 12.4. The molecular weight excluding hydrogens is 244 g/mol. The monoisotopic (exact) mass is 274 g/mol. The lowest BCUT2D eigenvalue weighted by Crippen LogP contribution is -2.40. The zero-order valence-corrected chi connectivity index (χ0v) is 12.4. The van der Waals surface area contributed by atoms with Crippen LogP contribution >= 0.6 is 0 Å². The molecule has 2 N–H and O–H groups in total. The first-order chi connectivity index (χ1) is 9.26. The molecule has 0 bridgehead atoms. The van der Waals surface area contributed by atoms with Gasteiger partial charge in [0, 0.05) is 13.7 Å². The summed E-state index contributed by atoms with van der Waals surface area (Å²) < 4.78 is 10.2. The molecule has 1 fully saturated rings. The van der Waals surface area contributed by atoms with E-state index in [9.17, 15) is 5.11 Å². The summed E-state index contributed by atoms with van der Waals surface area (Å²) in [7, 11) is 3.66. The normalized spacial score (nSPS) is 19.7. The number of aliphatic hydroxyl groups excluding tert-OH is 1. The van der Waals surface area contributed by atoms with Crippen molar-refractivity contribution >= 4 is 0 Å². The Hall–Kier alpha value is -0.200. The number of hydrogen-bond acceptors (Lipinski definition) is 5. The highest BCUT2D eigenvalue weighted by Gasteiger charge is 2.20. The van der Waals surface area contributed by atoms with Gasteiger partial charge < -0.3 is 24.8 Å². The molecule has 1 atom stereocenters. The molecule has 0 aromatic carbocycles. The van der Waals surface area contributed by atoms with Crippen LogP contribution in [0.1, 0.15) is 19.3 Å². The van der Waals surface area contributed by atoms with Gasteiger partial charge in [-0.15, -0.1) is 0 Å². The zero-order chi connectivity index (χ0) is 13.9. The highest BCUT2D eigenvalue weighted by Crippen LogP contribution is 2.19. The van der Waals surface area contributed by atoms with Crippen LogP contribution in [0.25, 0.3) is 0 Å². The second-order valence-corrected chi connectivity index (χ2v) is 5.36. The average Bonchev–Trinajstić information content (AvgIpc) is 2.43. The van der Waals surface area contributed by atoms with E-state index in [0.717, 1.165) is 32.1 Å². The second kappa shape index (κ2) is 10.6. The number of hydrogen-bond donors (Lipinski definition) is 2. The van der Waals surface area contributed by atoms with Crippen molar-refractivity contribution in [3.63, 3.8) is 0 Å². The van der Waals surface area contributed by atoms with E-state index in [0.29, 0.717) is 19.8 Å². The molecule has 1 aliphatic heterocycles. The van der Waals surface area contributed by atoms with E-state index in [1.165, 1.54) is 19.3 Å². The molecule has 0 spiro atoms. The van der Waals surface area contributed by atoms with Crippen molar-refractivity contribution in [1.82, 2.24) is 10.2 Å². The van der Waals surface area contributed by atoms with Gasteiger partial charge in [-0.1, -0.05) is 0 Å². The Labute approximate surface area is 117 Å². The molecule has 1 aliphatic rings. The predicted molar refractivity (Wildman–Crippen MR) is 76.4 cm³/mol. The fourth-order valence-corrected chi connectivity index (χ4v) is 2.52. The van der Waals surface area contributed by atoms with Crippen LogP contribution in [0, 0.1) is 5.92 Å². The van der Waals surface area contributed by atoms with Gasteiger partial charge in [0.05, 0.1) is 25.9 Å². The summed E-state index contributed by atoms with van der Waals surface area (Å²) in [5.41, 5.74) is 0. The van der Waals surface area contributed by atoms with Crippen LogP contribution in [0.5, 0.6) is 0 Å². The summed E-state index contributed by atoms with van der Waals surface area (Å²) >= 11 is 0. The molecule has 5 heteroatoms. The molecule has 0 aliphatic carbocycles. The number of rotatable bonds is 10. The second-order valence-electron chi connectivity index (χ2n) is 5.36. The summed E-state index contributed by atoms with van der Waals surface area (Å²) in [4.78, 5) is 2.35. The molecular formula is C14H30N2O3. The average molecular weight is 274 g/mol. The minimum Gasteiger partial charge on any atom is -0.389 e. The van der Waals surface area contributed by atoms with Crippen LogP contribution in [-0.4, -0.2) is 76.3 Å². The molecule has 114 valence electrons. The van der Waals surface area contributed by atoms with Crippen molar-refractivity contribution in [2.45, 2.75) is 25.4 Å². The third-order valence-electron chi connectivity index (χ3n) is 3.72. The molecule has 1 rings (SSSR count). The Morgan fingerprint density at radius 1 is 1.32 bits per heavy atom. The van der Waals surface area contributed by atoms with Crippen LogP contribution in [0.3, 0.4) is 0 Å². The molecule has 0 saturated carbocycles. The summed E-state index contributed by atoms with van der Waals surface area (Å²) in [6.07, 6.45) is 3.39. The quantitative estimate of drug-likeness (QED) is 0.562. The standard InChI is InChI=1S/C14H30N2O3/c1-15-6-3-13-4-7-16(8-5-13)11-14(17)12-19-10-9-18-2/h13-15,17H,3-12H2,1-2H3. The fourth-order valence-electron chi connectivity index (χ4n) is 2.52. The Morgan fingerprint density at radius 2 is 2.05 bits per heavy atom. The number of methoxy groups -OCH3 is 1. The third-order valence-corrected chi connectivity index (χ3v) is 3.72. The molecule has 5 nitrogen and oxygen atoms in total. The summed E-state index contributed by atoms with van der Waals surface area (Å²) in [5.74, 6) is 0.846. The molecule has 1 unspecified atom stereocenters. The van der Waals surface area contributed by atoms with Gasteiger partial charge in [-0.3, -0.25) is 0 Å². The maximum absolute atomic E-state index is 9.89. The molecule has 19 heavy (non-hydrogen) atoms. The van der Waals surface area contributed by atoms with Crippen LogP contribution in [0.4, 0.5) is 0 Å². The van der Waals surface area contributed by atoms with Crippen molar-refractivity contribution in [3.05, 3.63) is 0 Å². The molecule has 0 radical (unpaired) electrons. The third kappa shape index (κ3) is 7.84. The molecule has 1 heterocycles. The van der Waals surface area contributed by atoms with Crippen molar-refractivity contribution in [1.29, 1.82) is 0 Å².